The first-order valence-corrected chi connectivity index (χ1v) is 4.99. The summed E-state index contributed by atoms with van der Waals surface area (Å²) in [5, 5.41) is 0. The summed E-state index contributed by atoms with van der Waals surface area (Å²) in [6, 6.07) is 0.667. The van der Waals surface area contributed by atoms with Gasteiger partial charge in [-0.25, -0.2) is 0 Å². The lowest BCUT2D eigenvalue weighted by Gasteiger charge is -2.22. The predicted molar refractivity (Wildman–Crippen MR) is 51.3 cm³/mol. The standard InChI is InChI=1S/C10H21NO/c1-5-10-6-8(2)11(4)7-9(3)12-10/h8-10H,5-7H2,1-4H3. The van der Waals surface area contributed by atoms with Crippen molar-refractivity contribution in [3.05, 3.63) is 0 Å². The van der Waals surface area contributed by atoms with E-state index in [0.717, 1.165) is 13.0 Å². The highest BCUT2D eigenvalue weighted by atomic mass is 16.5. The molecule has 1 saturated heterocycles. The van der Waals surface area contributed by atoms with E-state index in [2.05, 4.69) is 32.7 Å². The molecule has 3 unspecified atom stereocenters. The molecule has 1 aliphatic heterocycles. The Bertz CT molecular complexity index is 138. The van der Waals surface area contributed by atoms with Crippen molar-refractivity contribution in [2.75, 3.05) is 13.6 Å². The highest BCUT2D eigenvalue weighted by molar-refractivity contribution is 4.75. The van der Waals surface area contributed by atoms with Gasteiger partial charge in [0.05, 0.1) is 12.2 Å². The maximum Gasteiger partial charge on any atom is 0.0677 e. The normalized spacial score (nSPS) is 39.5. The fraction of sp³-hybridized carbons (Fsp3) is 1.00. The van der Waals surface area contributed by atoms with E-state index in [0.29, 0.717) is 18.2 Å². The van der Waals surface area contributed by atoms with E-state index >= 15 is 0 Å². The Labute approximate surface area is 75.9 Å². The second-order valence-corrected chi connectivity index (χ2v) is 4.00. The molecule has 0 spiro atoms. The van der Waals surface area contributed by atoms with Crippen LogP contribution in [-0.2, 0) is 4.74 Å². The fourth-order valence-corrected chi connectivity index (χ4v) is 1.84. The molecule has 0 aromatic rings. The van der Waals surface area contributed by atoms with Crippen LogP contribution in [-0.4, -0.2) is 36.7 Å². The number of hydrogen-bond donors (Lipinski definition) is 0. The van der Waals surface area contributed by atoms with E-state index in [1.165, 1.54) is 6.42 Å². The monoisotopic (exact) mass is 171 g/mol. The molecule has 0 aliphatic carbocycles. The minimum atomic E-state index is 0.393. The second kappa shape index (κ2) is 4.24. The van der Waals surface area contributed by atoms with Crippen LogP contribution >= 0.6 is 0 Å². The SMILES string of the molecule is CCC1CC(C)N(C)CC(C)O1. The molecule has 72 valence electrons. The smallest absolute Gasteiger partial charge is 0.0677 e. The minimum absolute atomic E-state index is 0.393. The zero-order valence-corrected chi connectivity index (χ0v) is 8.71. The molecule has 0 radical (unpaired) electrons. The summed E-state index contributed by atoms with van der Waals surface area (Å²) in [5.41, 5.74) is 0. The van der Waals surface area contributed by atoms with Crippen LogP contribution in [0.2, 0.25) is 0 Å². The zero-order valence-electron chi connectivity index (χ0n) is 8.71. The van der Waals surface area contributed by atoms with Gasteiger partial charge in [-0.05, 0) is 33.7 Å². The van der Waals surface area contributed by atoms with Crippen molar-refractivity contribution in [3.63, 3.8) is 0 Å². The van der Waals surface area contributed by atoms with Crippen molar-refractivity contribution >= 4 is 0 Å². The molecule has 2 heteroatoms. The van der Waals surface area contributed by atoms with Gasteiger partial charge in [-0.2, -0.15) is 0 Å². The van der Waals surface area contributed by atoms with Crippen molar-refractivity contribution in [1.29, 1.82) is 0 Å². The van der Waals surface area contributed by atoms with E-state index in [1.807, 2.05) is 0 Å². The molecule has 3 atom stereocenters. The van der Waals surface area contributed by atoms with Crippen LogP contribution < -0.4 is 0 Å². The Morgan fingerprint density at radius 3 is 2.67 bits per heavy atom. The maximum atomic E-state index is 5.86. The summed E-state index contributed by atoms with van der Waals surface area (Å²) < 4.78 is 5.86. The molecule has 0 amide bonds. The first kappa shape index (κ1) is 10.0. The lowest BCUT2D eigenvalue weighted by atomic mass is 10.1. The van der Waals surface area contributed by atoms with Crippen molar-refractivity contribution in [2.45, 2.75) is 51.9 Å². The summed E-state index contributed by atoms with van der Waals surface area (Å²) in [7, 11) is 2.18. The predicted octanol–water partition coefficient (Wildman–Crippen LogP) is 1.89. The molecule has 0 aromatic heterocycles. The molecular formula is C10H21NO. The molecule has 0 N–H and O–H groups in total. The number of likely N-dealkylation sites (N-methyl/N-ethyl adjacent to an activating group) is 1. The molecular weight excluding hydrogens is 150 g/mol. The van der Waals surface area contributed by atoms with E-state index in [4.69, 9.17) is 4.74 Å². The molecule has 0 bridgehead atoms. The summed E-state index contributed by atoms with van der Waals surface area (Å²) >= 11 is 0. The molecule has 1 heterocycles. The van der Waals surface area contributed by atoms with E-state index in [9.17, 15) is 0 Å². The van der Waals surface area contributed by atoms with Gasteiger partial charge in [0.2, 0.25) is 0 Å². The van der Waals surface area contributed by atoms with Gasteiger partial charge < -0.3 is 9.64 Å². The maximum absolute atomic E-state index is 5.86. The molecule has 2 nitrogen and oxygen atoms in total. The molecule has 1 fully saturated rings. The van der Waals surface area contributed by atoms with Gasteiger partial charge >= 0.3 is 0 Å². The Kier molecular flexibility index (Phi) is 3.53. The van der Waals surface area contributed by atoms with Crippen LogP contribution in [0.25, 0.3) is 0 Å². The first-order chi connectivity index (χ1) is 5.63. The summed E-state index contributed by atoms with van der Waals surface area (Å²) in [6.45, 7) is 7.72. The van der Waals surface area contributed by atoms with Gasteiger partial charge in [-0.15, -0.1) is 0 Å². The number of rotatable bonds is 1. The third kappa shape index (κ3) is 2.46. The molecule has 1 rings (SSSR count). The molecule has 0 saturated carbocycles. The second-order valence-electron chi connectivity index (χ2n) is 4.00. The molecule has 1 aliphatic rings. The van der Waals surface area contributed by atoms with Gasteiger partial charge in [0.15, 0.2) is 0 Å². The van der Waals surface area contributed by atoms with Crippen molar-refractivity contribution in [1.82, 2.24) is 4.90 Å². The average Bonchev–Trinajstić information content (AvgIpc) is 2.12. The Hall–Kier alpha value is -0.0800. The highest BCUT2D eigenvalue weighted by Gasteiger charge is 2.23. The third-order valence-electron chi connectivity index (χ3n) is 2.78. The van der Waals surface area contributed by atoms with Gasteiger partial charge in [0.25, 0.3) is 0 Å². The van der Waals surface area contributed by atoms with Gasteiger partial charge in [0, 0.05) is 12.6 Å². The minimum Gasteiger partial charge on any atom is -0.374 e. The number of nitrogens with zero attached hydrogens (tertiary/aromatic N) is 1. The van der Waals surface area contributed by atoms with Gasteiger partial charge in [-0.1, -0.05) is 6.92 Å². The van der Waals surface area contributed by atoms with Crippen molar-refractivity contribution in [2.24, 2.45) is 0 Å². The lowest BCUT2D eigenvalue weighted by Crippen LogP contribution is -2.32. The third-order valence-corrected chi connectivity index (χ3v) is 2.78. The van der Waals surface area contributed by atoms with E-state index < -0.39 is 0 Å². The largest absolute Gasteiger partial charge is 0.374 e. The van der Waals surface area contributed by atoms with Crippen LogP contribution in [0.15, 0.2) is 0 Å². The van der Waals surface area contributed by atoms with E-state index in [-0.39, 0.29) is 0 Å². The quantitative estimate of drug-likeness (QED) is 0.597. The Morgan fingerprint density at radius 2 is 2.08 bits per heavy atom. The van der Waals surface area contributed by atoms with Gasteiger partial charge in [0.1, 0.15) is 0 Å². The topological polar surface area (TPSA) is 12.5 Å². The van der Waals surface area contributed by atoms with Crippen molar-refractivity contribution in [3.8, 4) is 0 Å². The zero-order chi connectivity index (χ0) is 9.14. The van der Waals surface area contributed by atoms with Crippen LogP contribution in [0.3, 0.4) is 0 Å². The lowest BCUT2D eigenvalue weighted by molar-refractivity contribution is 0.00315. The van der Waals surface area contributed by atoms with E-state index in [1.54, 1.807) is 0 Å². The molecule has 12 heavy (non-hydrogen) atoms. The average molecular weight is 171 g/mol. The van der Waals surface area contributed by atoms with Crippen molar-refractivity contribution < 1.29 is 4.74 Å². The highest BCUT2D eigenvalue weighted by Crippen LogP contribution is 2.17. The Balaban J connectivity index is 2.53. The fourth-order valence-electron chi connectivity index (χ4n) is 1.84. The van der Waals surface area contributed by atoms with Gasteiger partial charge in [-0.3, -0.25) is 0 Å². The number of hydrogen-bond acceptors (Lipinski definition) is 2. The first-order valence-electron chi connectivity index (χ1n) is 4.99. The summed E-state index contributed by atoms with van der Waals surface area (Å²) in [4.78, 5) is 2.39. The number of ether oxygens (including phenoxy) is 1. The summed E-state index contributed by atoms with van der Waals surface area (Å²) in [5.74, 6) is 0. The van der Waals surface area contributed by atoms with Crippen LogP contribution in [0, 0.1) is 0 Å². The van der Waals surface area contributed by atoms with Crippen LogP contribution in [0.4, 0.5) is 0 Å². The summed E-state index contributed by atoms with van der Waals surface area (Å²) in [6.07, 6.45) is 3.18. The molecule has 0 aromatic carbocycles. The Morgan fingerprint density at radius 1 is 1.42 bits per heavy atom. The van der Waals surface area contributed by atoms with Crippen LogP contribution in [0.1, 0.15) is 33.6 Å². The van der Waals surface area contributed by atoms with Crippen LogP contribution in [0.5, 0.6) is 0 Å².